The number of likely N-dealkylation sites (tertiary alicyclic amines) is 1. The smallest absolute Gasteiger partial charge is 0.320 e. The molecular weight excluding hydrogens is 332 g/mol. The van der Waals surface area contributed by atoms with Crippen LogP contribution in [-0.2, 0) is 4.79 Å². The van der Waals surface area contributed by atoms with Crippen molar-refractivity contribution in [2.45, 2.75) is 31.8 Å². The first kappa shape index (κ1) is 18.2. The van der Waals surface area contributed by atoms with Crippen molar-refractivity contribution in [2.75, 3.05) is 20.8 Å². The van der Waals surface area contributed by atoms with Crippen molar-refractivity contribution in [2.24, 2.45) is 0 Å². The van der Waals surface area contributed by atoms with E-state index in [0.29, 0.717) is 24.5 Å². The summed E-state index contributed by atoms with van der Waals surface area (Å²) in [5.41, 5.74) is 2.83. The maximum absolute atomic E-state index is 11.7. The third-order valence-corrected chi connectivity index (χ3v) is 4.85. The molecule has 0 spiro atoms. The summed E-state index contributed by atoms with van der Waals surface area (Å²) >= 11 is 0. The van der Waals surface area contributed by atoms with Crippen molar-refractivity contribution < 1.29 is 19.4 Å². The van der Waals surface area contributed by atoms with Crippen molar-refractivity contribution in [3.05, 3.63) is 53.3 Å². The molecule has 1 N–H and O–H groups in total. The molecule has 0 bridgehead atoms. The number of hydrogen-bond acceptors (Lipinski definition) is 5. The van der Waals surface area contributed by atoms with Crippen LogP contribution in [0.25, 0.3) is 0 Å². The molecule has 6 nitrogen and oxygen atoms in total. The minimum absolute atomic E-state index is 0.251. The van der Waals surface area contributed by atoms with Gasteiger partial charge in [-0.05, 0) is 49.1 Å². The number of carboxylic acids is 1. The highest BCUT2D eigenvalue weighted by atomic mass is 16.5. The van der Waals surface area contributed by atoms with Gasteiger partial charge < -0.3 is 14.6 Å². The lowest BCUT2D eigenvalue weighted by Crippen LogP contribution is -2.39. The molecule has 1 aliphatic rings. The molecule has 6 heteroatoms. The van der Waals surface area contributed by atoms with E-state index in [4.69, 9.17) is 9.47 Å². The number of carbonyl (C=O) groups is 1. The average Bonchev–Trinajstić information content (AvgIpc) is 3.13. The lowest BCUT2D eigenvalue weighted by molar-refractivity contribution is -0.142. The average molecular weight is 356 g/mol. The molecule has 138 valence electrons. The predicted molar refractivity (Wildman–Crippen MR) is 97.7 cm³/mol. The molecule has 0 amide bonds. The number of aromatic nitrogens is 1. The first-order chi connectivity index (χ1) is 12.5. The van der Waals surface area contributed by atoms with E-state index < -0.39 is 12.0 Å². The van der Waals surface area contributed by atoms with Gasteiger partial charge in [0.1, 0.15) is 6.04 Å². The molecule has 0 saturated carbocycles. The summed E-state index contributed by atoms with van der Waals surface area (Å²) in [6, 6.07) is 8.90. The topological polar surface area (TPSA) is 71.9 Å². The van der Waals surface area contributed by atoms with Crippen molar-refractivity contribution in [3.8, 4) is 11.5 Å². The predicted octanol–water partition coefficient (Wildman–Crippen LogP) is 3.05. The van der Waals surface area contributed by atoms with E-state index in [-0.39, 0.29) is 6.04 Å². The van der Waals surface area contributed by atoms with Crippen LogP contribution in [-0.4, -0.2) is 47.8 Å². The zero-order valence-electron chi connectivity index (χ0n) is 15.3. The molecule has 3 rings (SSSR count). The summed E-state index contributed by atoms with van der Waals surface area (Å²) < 4.78 is 10.8. The van der Waals surface area contributed by atoms with Crippen molar-refractivity contribution in [1.29, 1.82) is 0 Å². The Morgan fingerprint density at radius 3 is 2.62 bits per heavy atom. The summed E-state index contributed by atoms with van der Waals surface area (Å²) in [6.07, 6.45) is 3.31. The van der Waals surface area contributed by atoms with E-state index in [1.54, 1.807) is 14.2 Å². The van der Waals surface area contributed by atoms with E-state index in [0.717, 1.165) is 23.2 Å². The Balaban J connectivity index is 2.09. The number of nitrogens with zero attached hydrogens (tertiary/aromatic N) is 2. The minimum atomic E-state index is -0.792. The number of hydrogen-bond donors (Lipinski definition) is 1. The number of benzene rings is 1. The van der Waals surface area contributed by atoms with Gasteiger partial charge in [0.05, 0.1) is 26.0 Å². The van der Waals surface area contributed by atoms with E-state index in [1.165, 1.54) is 0 Å². The highest BCUT2D eigenvalue weighted by molar-refractivity contribution is 5.74. The number of pyridine rings is 1. The fraction of sp³-hybridized carbons (Fsp3) is 0.400. The van der Waals surface area contributed by atoms with Crippen molar-refractivity contribution in [1.82, 2.24) is 9.88 Å². The van der Waals surface area contributed by atoms with E-state index in [2.05, 4.69) is 4.98 Å². The fourth-order valence-electron chi connectivity index (χ4n) is 3.56. The lowest BCUT2D eigenvalue weighted by atomic mass is 9.99. The maximum atomic E-state index is 11.7. The normalized spacial score (nSPS) is 18.5. The molecule has 1 aliphatic heterocycles. The first-order valence-electron chi connectivity index (χ1n) is 8.68. The van der Waals surface area contributed by atoms with Crippen LogP contribution < -0.4 is 9.47 Å². The highest BCUT2D eigenvalue weighted by Crippen LogP contribution is 2.38. The van der Waals surface area contributed by atoms with E-state index >= 15 is 0 Å². The van der Waals surface area contributed by atoms with Crippen LogP contribution in [0.5, 0.6) is 11.5 Å². The van der Waals surface area contributed by atoms with Crippen molar-refractivity contribution in [3.63, 3.8) is 0 Å². The SMILES string of the molecule is COc1ccc(C(c2ccc(C)cn2)N2CCCC2C(=O)O)cc1OC. The van der Waals surface area contributed by atoms with Crippen molar-refractivity contribution >= 4 is 5.97 Å². The lowest BCUT2D eigenvalue weighted by Gasteiger charge is -2.31. The molecule has 1 saturated heterocycles. The number of carboxylic acid groups (broad SMARTS) is 1. The Labute approximate surface area is 153 Å². The van der Waals surface area contributed by atoms with Gasteiger partial charge in [0.25, 0.3) is 0 Å². The zero-order valence-corrected chi connectivity index (χ0v) is 15.3. The highest BCUT2D eigenvalue weighted by Gasteiger charge is 2.37. The zero-order chi connectivity index (χ0) is 18.7. The van der Waals surface area contributed by atoms with Crippen LogP contribution in [0.1, 0.15) is 35.7 Å². The molecule has 1 aromatic heterocycles. The molecule has 2 atom stereocenters. The Morgan fingerprint density at radius 2 is 2.00 bits per heavy atom. The molecule has 2 aromatic rings. The van der Waals surface area contributed by atoms with Gasteiger partial charge in [-0.2, -0.15) is 0 Å². The van der Waals surface area contributed by atoms with Crippen LogP contribution >= 0.6 is 0 Å². The molecule has 0 radical (unpaired) electrons. The Kier molecular flexibility index (Phi) is 5.42. The minimum Gasteiger partial charge on any atom is -0.493 e. The Bertz CT molecular complexity index is 776. The maximum Gasteiger partial charge on any atom is 0.320 e. The molecule has 1 aromatic carbocycles. The summed E-state index contributed by atoms with van der Waals surface area (Å²) in [5, 5.41) is 9.65. The Hall–Kier alpha value is -2.60. The summed E-state index contributed by atoms with van der Waals surface area (Å²) in [5.74, 6) is 0.469. The second-order valence-electron chi connectivity index (χ2n) is 6.51. The van der Waals surface area contributed by atoms with Gasteiger partial charge >= 0.3 is 5.97 Å². The summed E-state index contributed by atoms with van der Waals surface area (Å²) in [4.78, 5) is 18.3. The summed E-state index contributed by atoms with van der Waals surface area (Å²) in [6.45, 7) is 2.70. The molecule has 1 fully saturated rings. The monoisotopic (exact) mass is 356 g/mol. The van der Waals surface area contributed by atoms with Gasteiger partial charge in [-0.15, -0.1) is 0 Å². The van der Waals surface area contributed by atoms with Gasteiger partial charge in [0, 0.05) is 12.7 Å². The third kappa shape index (κ3) is 3.51. The number of rotatable bonds is 6. The van der Waals surface area contributed by atoms with Gasteiger partial charge in [-0.1, -0.05) is 12.1 Å². The molecular formula is C20H24N2O4. The number of ether oxygens (including phenoxy) is 2. The second-order valence-corrected chi connectivity index (χ2v) is 6.51. The standard InChI is InChI=1S/C20H24N2O4/c1-13-6-8-15(21-12-13)19(22-10-4-5-16(22)20(23)24)14-7-9-17(25-2)18(11-14)26-3/h6-9,11-12,16,19H,4-5,10H2,1-3H3,(H,23,24). The second kappa shape index (κ2) is 7.74. The molecule has 0 aliphatic carbocycles. The van der Waals surface area contributed by atoms with E-state index in [1.807, 2.05) is 48.4 Å². The van der Waals surface area contributed by atoms with Crippen LogP contribution in [0.4, 0.5) is 0 Å². The van der Waals surface area contributed by atoms with Crippen LogP contribution in [0.15, 0.2) is 36.5 Å². The summed E-state index contributed by atoms with van der Waals surface area (Å²) in [7, 11) is 3.19. The number of methoxy groups -OCH3 is 2. The molecule has 26 heavy (non-hydrogen) atoms. The van der Waals surface area contributed by atoms with Crippen LogP contribution in [0.3, 0.4) is 0 Å². The number of aliphatic carboxylic acids is 1. The van der Waals surface area contributed by atoms with Crippen LogP contribution in [0, 0.1) is 6.92 Å². The quantitative estimate of drug-likeness (QED) is 0.858. The Morgan fingerprint density at radius 1 is 1.23 bits per heavy atom. The van der Waals surface area contributed by atoms with Crippen LogP contribution in [0.2, 0.25) is 0 Å². The van der Waals surface area contributed by atoms with Gasteiger partial charge in [-0.25, -0.2) is 0 Å². The molecule has 2 unspecified atom stereocenters. The number of aryl methyl sites for hydroxylation is 1. The fourth-order valence-corrected chi connectivity index (χ4v) is 3.56. The largest absolute Gasteiger partial charge is 0.493 e. The molecule has 2 heterocycles. The van der Waals surface area contributed by atoms with Gasteiger partial charge in [0.15, 0.2) is 11.5 Å². The van der Waals surface area contributed by atoms with E-state index in [9.17, 15) is 9.90 Å². The van der Waals surface area contributed by atoms with Gasteiger partial charge in [-0.3, -0.25) is 14.7 Å². The van der Waals surface area contributed by atoms with Gasteiger partial charge in [0.2, 0.25) is 0 Å². The third-order valence-electron chi connectivity index (χ3n) is 4.85. The first-order valence-corrected chi connectivity index (χ1v) is 8.68.